The van der Waals surface area contributed by atoms with Gasteiger partial charge >= 0.3 is 6.03 Å². The van der Waals surface area contributed by atoms with Gasteiger partial charge in [-0.3, -0.25) is 0 Å². The number of hydrogen-bond acceptors (Lipinski definition) is 4. The van der Waals surface area contributed by atoms with Crippen molar-refractivity contribution in [1.82, 2.24) is 9.80 Å². The first kappa shape index (κ1) is 20.8. The first-order valence-corrected chi connectivity index (χ1v) is 11.0. The Labute approximate surface area is 184 Å². The van der Waals surface area contributed by atoms with Crippen LogP contribution < -0.4 is 15.1 Å². The zero-order chi connectivity index (χ0) is 21.1. The second-order valence-corrected chi connectivity index (χ2v) is 8.72. The molecule has 2 aromatic rings. The second kappa shape index (κ2) is 9.14. The third-order valence-electron chi connectivity index (χ3n) is 6.14. The zero-order valence-electron chi connectivity index (χ0n) is 17.7. The second-order valence-electron chi connectivity index (χ2n) is 8.28. The lowest BCUT2D eigenvalue weighted by atomic mass is 10.2. The first-order chi connectivity index (χ1) is 14.5. The van der Waals surface area contributed by atoms with Crippen LogP contribution >= 0.6 is 11.6 Å². The quantitative estimate of drug-likeness (QED) is 0.805. The number of halogens is 1. The summed E-state index contributed by atoms with van der Waals surface area (Å²) >= 11 is 5.97. The molecule has 0 radical (unpaired) electrons. The van der Waals surface area contributed by atoms with E-state index in [-0.39, 0.29) is 6.03 Å². The molecule has 0 bridgehead atoms. The lowest BCUT2D eigenvalue weighted by Gasteiger charge is -2.36. The number of carbonyl (C=O) groups excluding carboxylic acids is 1. The minimum atomic E-state index is -0.0349. The van der Waals surface area contributed by atoms with Crippen LogP contribution in [0.4, 0.5) is 21.9 Å². The van der Waals surface area contributed by atoms with Crippen molar-refractivity contribution in [3.05, 3.63) is 53.6 Å². The monoisotopic (exact) mass is 427 g/mol. The van der Waals surface area contributed by atoms with Crippen molar-refractivity contribution in [2.24, 2.45) is 0 Å². The molecule has 2 saturated heterocycles. The third-order valence-corrected chi connectivity index (χ3v) is 6.39. The number of rotatable bonds is 4. The Balaban J connectivity index is 1.28. The van der Waals surface area contributed by atoms with Crippen LogP contribution in [0.2, 0.25) is 5.02 Å². The van der Waals surface area contributed by atoms with Gasteiger partial charge in [-0.15, -0.1) is 0 Å². The lowest BCUT2D eigenvalue weighted by Crippen LogP contribution is -2.50. The van der Waals surface area contributed by atoms with Gasteiger partial charge < -0.3 is 24.9 Å². The van der Waals surface area contributed by atoms with Gasteiger partial charge in [-0.05, 0) is 69.0 Å². The van der Waals surface area contributed by atoms with E-state index < -0.39 is 0 Å². The molecule has 0 aromatic heterocycles. The molecule has 2 aromatic carbocycles. The van der Waals surface area contributed by atoms with E-state index in [0.717, 1.165) is 42.6 Å². The van der Waals surface area contributed by atoms with Crippen molar-refractivity contribution in [3.8, 4) is 0 Å². The van der Waals surface area contributed by atoms with E-state index in [1.54, 1.807) is 0 Å². The number of amides is 2. The number of benzene rings is 2. The molecule has 7 heteroatoms. The number of likely N-dealkylation sites (N-methyl/N-ethyl adjacent to an activating group) is 1. The predicted molar refractivity (Wildman–Crippen MR) is 125 cm³/mol. The molecule has 2 fully saturated rings. The van der Waals surface area contributed by atoms with Crippen molar-refractivity contribution in [2.45, 2.75) is 12.5 Å². The number of hydrogen-bond donors (Lipinski definition) is 1. The highest BCUT2D eigenvalue weighted by Gasteiger charge is 2.24. The maximum absolute atomic E-state index is 12.7. The Bertz CT molecular complexity index is 847. The predicted octanol–water partition coefficient (Wildman–Crippen LogP) is 3.83. The molecular formula is C23H30ClN5O. The summed E-state index contributed by atoms with van der Waals surface area (Å²) in [5.41, 5.74) is 3.20. The Morgan fingerprint density at radius 2 is 1.50 bits per heavy atom. The number of nitrogens with one attached hydrogen (secondary N) is 1. The summed E-state index contributed by atoms with van der Waals surface area (Å²) in [5, 5.41) is 3.78. The average Bonchev–Trinajstić information content (AvgIpc) is 3.26. The molecular weight excluding hydrogens is 398 g/mol. The van der Waals surface area contributed by atoms with E-state index in [4.69, 9.17) is 11.6 Å². The van der Waals surface area contributed by atoms with Gasteiger partial charge in [-0.2, -0.15) is 0 Å². The fraction of sp³-hybridized carbons (Fsp3) is 0.435. The van der Waals surface area contributed by atoms with Crippen LogP contribution in [0.1, 0.15) is 6.42 Å². The van der Waals surface area contributed by atoms with Gasteiger partial charge in [0.2, 0.25) is 0 Å². The summed E-state index contributed by atoms with van der Waals surface area (Å²) in [7, 11) is 4.28. The van der Waals surface area contributed by atoms with Crippen molar-refractivity contribution in [3.63, 3.8) is 0 Å². The van der Waals surface area contributed by atoms with Gasteiger partial charge in [0, 0.05) is 67.4 Å². The van der Waals surface area contributed by atoms with Crippen molar-refractivity contribution < 1.29 is 4.79 Å². The maximum Gasteiger partial charge on any atom is 0.321 e. The minimum Gasteiger partial charge on any atom is -0.370 e. The number of anilines is 3. The highest BCUT2D eigenvalue weighted by Crippen LogP contribution is 2.24. The summed E-state index contributed by atoms with van der Waals surface area (Å²) < 4.78 is 0. The number of piperazine rings is 1. The Kier molecular flexibility index (Phi) is 6.35. The van der Waals surface area contributed by atoms with E-state index in [2.05, 4.69) is 46.2 Å². The summed E-state index contributed by atoms with van der Waals surface area (Å²) in [6, 6.07) is 16.6. The molecule has 2 heterocycles. The molecule has 1 N–H and O–H groups in total. The molecule has 2 aliphatic heterocycles. The Morgan fingerprint density at radius 1 is 0.900 bits per heavy atom. The number of nitrogens with zero attached hydrogens (tertiary/aromatic N) is 4. The van der Waals surface area contributed by atoms with Gasteiger partial charge in [0.05, 0.1) is 0 Å². The highest BCUT2D eigenvalue weighted by atomic mass is 35.5. The lowest BCUT2D eigenvalue weighted by molar-refractivity contribution is 0.208. The van der Waals surface area contributed by atoms with Gasteiger partial charge in [-0.1, -0.05) is 11.6 Å². The Hall–Kier alpha value is -2.44. The fourth-order valence-electron chi connectivity index (χ4n) is 4.18. The van der Waals surface area contributed by atoms with Crippen LogP contribution in [0.15, 0.2) is 48.5 Å². The normalized spacial score (nSPS) is 19.5. The van der Waals surface area contributed by atoms with Gasteiger partial charge in [0.1, 0.15) is 0 Å². The fourth-order valence-corrected chi connectivity index (χ4v) is 4.30. The van der Waals surface area contributed by atoms with Crippen molar-refractivity contribution in [2.75, 3.05) is 68.5 Å². The average molecular weight is 428 g/mol. The van der Waals surface area contributed by atoms with E-state index in [0.29, 0.717) is 19.1 Å². The van der Waals surface area contributed by atoms with Crippen LogP contribution in [0.25, 0.3) is 0 Å². The molecule has 1 atom stereocenters. The minimum absolute atomic E-state index is 0.0349. The molecule has 2 aliphatic rings. The van der Waals surface area contributed by atoms with E-state index in [9.17, 15) is 4.79 Å². The number of carbonyl (C=O) groups is 1. The molecule has 0 aliphatic carbocycles. The van der Waals surface area contributed by atoms with Gasteiger partial charge in [0.15, 0.2) is 0 Å². The van der Waals surface area contributed by atoms with Crippen LogP contribution in [0.3, 0.4) is 0 Å². The van der Waals surface area contributed by atoms with Crippen LogP contribution in [-0.4, -0.2) is 75.2 Å². The summed E-state index contributed by atoms with van der Waals surface area (Å²) in [6.45, 7) is 5.16. The molecule has 160 valence electrons. The van der Waals surface area contributed by atoms with Crippen LogP contribution in [0.5, 0.6) is 0 Å². The Morgan fingerprint density at radius 3 is 2.10 bits per heavy atom. The van der Waals surface area contributed by atoms with Crippen molar-refractivity contribution >= 4 is 34.7 Å². The van der Waals surface area contributed by atoms with Crippen molar-refractivity contribution in [1.29, 1.82) is 0 Å². The van der Waals surface area contributed by atoms with Gasteiger partial charge in [0.25, 0.3) is 0 Å². The first-order valence-electron chi connectivity index (χ1n) is 10.6. The molecule has 30 heavy (non-hydrogen) atoms. The molecule has 0 spiro atoms. The largest absolute Gasteiger partial charge is 0.370 e. The number of urea groups is 1. The zero-order valence-corrected chi connectivity index (χ0v) is 18.5. The van der Waals surface area contributed by atoms with E-state index in [1.165, 1.54) is 12.1 Å². The molecule has 1 unspecified atom stereocenters. The van der Waals surface area contributed by atoms with E-state index >= 15 is 0 Å². The van der Waals surface area contributed by atoms with Gasteiger partial charge in [-0.25, -0.2) is 4.79 Å². The third kappa shape index (κ3) is 4.82. The topological polar surface area (TPSA) is 42.1 Å². The molecule has 2 amide bonds. The summed E-state index contributed by atoms with van der Waals surface area (Å²) in [6.07, 6.45) is 1.19. The van der Waals surface area contributed by atoms with Crippen LogP contribution in [-0.2, 0) is 0 Å². The molecule has 4 rings (SSSR count). The van der Waals surface area contributed by atoms with Crippen LogP contribution in [0, 0.1) is 0 Å². The molecule has 0 saturated carbocycles. The maximum atomic E-state index is 12.7. The SMILES string of the molecule is CN(C)C1CCN(c2ccc(NC(=O)N3CCN(c4ccc(Cl)cc4)CC3)cc2)C1. The standard InChI is InChI=1S/C23H30ClN5O/c1-26(2)22-11-12-29(17-22)21-9-5-19(6-10-21)25-23(30)28-15-13-27(14-16-28)20-7-3-18(24)4-8-20/h3-10,22H,11-17H2,1-2H3,(H,25,30). The smallest absolute Gasteiger partial charge is 0.321 e. The highest BCUT2D eigenvalue weighted by molar-refractivity contribution is 6.30. The van der Waals surface area contributed by atoms with E-state index in [1.807, 2.05) is 41.3 Å². The summed E-state index contributed by atoms with van der Waals surface area (Å²) in [5.74, 6) is 0. The summed E-state index contributed by atoms with van der Waals surface area (Å²) in [4.78, 5) is 21.5. The molecule has 6 nitrogen and oxygen atoms in total.